The number of rotatable bonds is 7. The molecule has 2 aromatic rings. The van der Waals surface area contributed by atoms with Crippen LogP contribution in [0.25, 0.3) is 6.08 Å². The zero-order valence-corrected chi connectivity index (χ0v) is 19.9. The number of amides is 1. The molecule has 0 aliphatic carbocycles. The van der Waals surface area contributed by atoms with Crippen molar-refractivity contribution in [3.05, 3.63) is 61.9 Å². The molecule has 2 aromatic carbocycles. The van der Waals surface area contributed by atoms with E-state index >= 15 is 0 Å². The van der Waals surface area contributed by atoms with Gasteiger partial charge in [-0.3, -0.25) is 9.69 Å². The molecule has 152 valence electrons. The Hall–Kier alpha value is -1.54. The Morgan fingerprint density at radius 2 is 1.97 bits per heavy atom. The van der Waals surface area contributed by atoms with E-state index in [2.05, 4.69) is 15.9 Å². The highest BCUT2D eigenvalue weighted by molar-refractivity contribution is 9.10. The van der Waals surface area contributed by atoms with Gasteiger partial charge in [0.25, 0.3) is 5.91 Å². The molecule has 0 saturated carbocycles. The number of hydrogen-bond donors (Lipinski definition) is 0. The van der Waals surface area contributed by atoms with Crippen LogP contribution >= 0.6 is 51.5 Å². The Kier molecular flexibility index (Phi) is 7.62. The average Bonchev–Trinajstić information content (AvgIpc) is 2.95. The minimum absolute atomic E-state index is 0.0742. The Morgan fingerprint density at radius 3 is 2.66 bits per heavy atom. The number of nitrogens with zero attached hydrogens (tertiary/aromatic N) is 1. The molecule has 0 spiro atoms. The Morgan fingerprint density at radius 1 is 1.21 bits per heavy atom. The van der Waals surface area contributed by atoms with Crippen molar-refractivity contribution in [2.24, 2.45) is 0 Å². The second-order valence-corrected chi connectivity index (χ2v) is 9.21. The molecule has 0 atom stereocenters. The maximum Gasteiger partial charge on any atom is 0.266 e. The number of likely N-dealkylation sites (N-methyl/N-ethyl adjacent to an activating group) is 1. The van der Waals surface area contributed by atoms with Crippen LogP contribution in [-0.2, 0) is 4.79 Å². The van der Waals surface area contributed by atoms with Gasteiger partial charge in [-0.1, -0.05) is 51.5 Å². The zero-order valence-electron chi connectivity index (χ0n) is 15.9. The van der Waals surface area contributed by atoms with Gasteiger partial charge in [-0.05, 0) is 61.9 Å². The first-order chi connectivity index (χ1) is 13.9. The van der Waals surface area contributed by atoms with Crippen molar-refractivity contribution in [1.82, 2.24) is 4.90 Å². The van der Waals surface area contributed by atoms with Gasteiger partial charge in [0, 0.05) is 21.6 Å². The number of benzene rings is 2. The van der Waals surface area contributed by atoms with Gasteiger partial charge in [-0.2, -0.15) is 0 Å². The summed E-state index contributed by atoms with van der Waals surface area (Å²) in [5.74, 6) is 1.34. The number of carbonyl (C=O) groups is 1. The van der Waals surface area contributed by atoms with Crippen molar-refractivity contribution in [3.63, 3.8) is 0 Å². The number of hydrogen-bond acceptors (Lipinski definition) is 5. The predicted octanol–water partition coefficient (Wildman–Crippen LogP) is 6.09. The van der Waals surface area contributed by atoms with Crippen LogP contribution in [0.2, 0.25) is 5.02 Å². The largest absolute Gasteiger partial charge is 0.490 e. The molecular formula is C21H19BrClNO3S2. The van der Waals surface area contributed by atoms with Gasteiger partial charge in [0.1, 0.15) is 29.0 Å². The van der Waals surface area contributed by atoms with Crippen LogP contribution in [0.15, 0.2) is 45.8 Å². The number of halogens is 2. The molecular weight excluding hydrogens is 494 g/mol. The Balaban J connectivity index is 1.67. The predicted molar refractivity (Wildman–Crippen MR) is 127 cm³/mol. The van der Waals surface area contributed by atoms with Crippen LogP contribution < -0.4 is 9.47 Å². The molecule has 1 saturated heterocycles. The summed E-state index contributed by atoms with van der Waals surface area (Å²) in [4.78, 5) is 14.7. The lowest BCUT2D eigenvalue weighted by molar-refractivity contribution is -0.121. The molecule has 1 aliphatic heterocycles. The minimum atomic E-state index is -0.0742. The molecule has 29 heavy (non-hydrogen) atoms. The zero-order chi connectivity index (χ0) is 21.0. The number of ether oxygens (including phenoxy) is 2. The van der Waals surface area contributed by atoms with E-state index in [1.165, 1.54) is 11.8 Å². The van der Waals surface area contributed by atoms with E-state index in [0.29, 0.717) is 39.8 Å². The van der Waals surface area contributed by atoms with Crippen LogP contribution in [0.3, 0.4) is 0 Å². The van der Waals surface area contributed by atoms with E-state index in [-0.39, 0.29) is 5.91 Å². The molecule has 0 unspecified atom stereocenters. The topological polar surface area (TPSA) is 38.8 Å². The van der Waals surface area contributed by atoms with E-state index in [1.54, 1.807) is 4.90 Å². The van der Waals surface area contributed by atoms with Gasteiger partial charge in [-0.15, -0.1) is 0 Å². The van der Waals surface area contributed by atoms with E-state index in [4.69, 9.17) is 33.3 Å². The number of thioether (sulfide) groups is 1. The molecule has 1 amide bonds. The SMILES string of the molecule is CCN1C(=O)C(=Cc2cc(Br)ccc2OCCOc2ccc(Cl)c(C)c2)SC1=S. The average molecular weight is 513 g/mol. The first kappa shape index (κ1) is 22.2. The summed E-state index contributed by atoms with van der Waals surface area (Å²) >= 11 is 16.1. The third-order valence-electron chi connectivity index (χ3n) is 4.19. The van der Waals surface area contributed by atoms with Crippen molar-refractivity contribution in [3.8, 4) is 11.5 Å². The highest BCUT2D eigenvalue weighted by Gasteiger charge is 2.30. The number of thiocarbonyl (C=S) groups is 1. The van der Waals surface area contributed by atoms with Crippen LogP contribution in [0.1, 0.15) is 18.1 Å². The number of carbonyl (C=O) groups excluding carboxylic acids is 1. The summed E-state index contributed by atoms with van der Waals surface area (Å²) in [6.07, 6.45) is 1.82. The molecule has 1 heterocycles. The van der Waals surface area contributed by atoms with Gasteiger partial charge in [0.15, 0.2) is 0 Å². The third-order valence-corrected chi connectivity index (χ3v) is 6.48. The molecule has 4 nitrogen and oxygen atoms in total. The van der Waals surface area contributed by atoms with Crippen molar-refractivity contribution in [1.29, 1.82) is 0 Å². The highest BCUT2D eigenvalue weighted by atomic mass is 79.9. The molecule has 3 rings (SSSR count). The maximum atomic E-state index is 12.5. The fraction of sp³-hybridized carbons (Fsp3) is 0.238. The fourth-order valence-electron chi connectivity index (χ4n) is 2.70. The molecule has 0 aromatic heterocycles. The summed E-state index contributed by atoms with van der Waals surface area (Å²) < 4.78 is 13.1. The van der Waals surface area contributed by atoms with Gasteiger partial charge < -0.3 is 9.47 Å². The van der Waals surface area contributed by atoms with Gasteiger partial charge in [0.2, 0.25) is 0 Å². The second-order valence-electron chi connectivity index (χ2n) is 6.22. The quantitative estimate of drug-likeness (QED) is 0.255. The van der Waals surface area contributed by atoms with Crippen LogP contribution in [0, 0.1) is 6.92 Å². The van der Waals surface area contributed by atoms with Crippen molar-refractivity contribution in [2.75, 3.05) is 19.8 Å². The van der Waals surface area contributed by atoms with Gasteiger partial charge >= 0.3 is 0 Å². The van der Waals surface area contributed by atoms with Crippen LogP contribution in [0.4, 0.5) is 0 Å². The smallest absolute Gasteiger partial charge is 0.266 e. The van der Waals surface area contributed by atoms with E-state index in [1.807, 2.05) is 56.3 Å². The summed E-state index contributed by atoms with van der Waals surface area (Å²) in [7, 11) is 0. The summed E-state index contributed by atoms with van der Waals surface area (Å²) in [5, 5.41) is 0.710. The molecule has 0 N–H and O–H groups in total. The minimum Gasteiger partial charge on any atom is -0.490 e. The normalized spacial score (nSPS) is 15.3. The molecule has 1 aliphatic rings. The first-order valence-corrected chi connectivity index (χ1v) is 11.3. The van der Waals surface area contributed by atoms with Crippen molar-refractivity contribution >= 4 is 67.8 Å². The lowest BCUT2D eigenvalue weighted by Crippen LogP contribution is -2.27. The van der Waals surface area contributed by atoms with Gasteiger partial charge in [0.05, 0.1) is 4.91 Å². The molecule has 0 bridgehead atoms. The Bertz CT molecular complexity index is 980. The van der Waals surface area contributed by atoms with Crippen molar-refractivity contribution < 1.29 is 14.3 Å². The van der Waals surface area contributed by atoms with Crippen molar-refractivity contribution in [2.45, 2.75) is 13.8 Å². The molecule has 1 fully saturated rings. The van der Waals surface area contributed by atoms with E-state index < -0.39 is 0 Å². The first-order valence-electron chi connectivity index (χ1n) is 8.95. The lowest BCUT2D eigenvalue weighted by atomic mass is 10.2. The van der Waals surface area contributed by atoms with E-state index in [9.17, 15) is 4.79 Å². The van der Waals surface area contributed by atoms with E-state index in [0.717, 1.165) is 21.3 Å². The third kappa shape index (κ3) is 5.54. The Labute approximate surface area is 193 Å². The maximum absolute atomic E-state index is 12.5. The molecule has 0 radical (unpaired) electrons. The summed E-state index contributed by atoms with van der Waals surface area (Å²) in [5.41, 5.74) is 1.77. The summed E-state index contributed by atoms with van der Waals surface area (Å²) in [6, 6.07) is 11.2. The lowest BCUT2D eigenvalue weighted by Gasteiger charge is -2.12. The summed E-state index contributed by atoms with van der Waals surface area (Å²) in [6.45, 7) is 5.14. The highest BCUT2D eigenvalue weighted by Crippen LogP contribution is 2.35. The molecule has 8 heteroatoms. The van der Waals surface area contributed by atoms with Crippen LogP contribution in [-0.4, -0.2) is 34.9 Å². The standard InChI is InChI=1S/C21H19BrClNO3S2/c1-3-24-20(25)19(29-21(24)28)12-14-11-15(22)4-7-18(14)27-9-8-26-16-5-6-17(23)13(2)10-16/h4-7,10-12H,3,8-9H2,1-2H3. The monoisotopic (exact) mass is 511 g/mol. The second kappa shape index (κ2) is 9.98. The number of aryl methyl sites for hydroxylation is 1. The fourth-order valence-corrected chi connectivity index (χ4v) is 4.57. The van der Waals surface area contributed by atoms with Crippen LogP contribution in [0.5, 0.6) is 11.5 Å². The van der Waals surface area contributed by atoms with Gasteiger partial charge in [-0.25, -0.2) is 0 Å².